The Morgan fingerprint density at radius 1 is 1.38 bits per heavy atom. The summed E-state index contributed by atoms with van der Waals surface area (Å²) in [5.41, 5.74) is 1.76. The van der Waals surface area contributed by atoms with E-state index in [9.17, 15) is 4.79 Å². The molecule has 0 atom stereocenters. The molecule has 1 aromatic carbocycles. The number of thioether (sulfide) groups is 1. The number of thiophene rings is 1. The lowest BCUT2D eigenvalue weighted by molar-refractivity contribution is -0.113. The van der Waals surface area contributed by atoms with E-state index in [1.54, 1.807) is 24.5 Å². The first-order valence-corrected chi connectivity index (χ1v) is 11.2. The fraction of sp³-hybridized carbons (Fsp3) is 0.286. The number of rotatable bonds is 10. The van der Waals surface area contributed by atoms with Crippen molar-refractivity contribution in [3.8, 4) is 17.1 Å². The maximum Gasteiger partial charge on any atom is 0.234 e. The zero-order valence-corrected chi connectivity index (χ0v) is 18.2. The van der Waals surface area contributed by atoms with Crippen LogP contribution in [0.3, 0.4) is 0 Å². The van der Waals surface area contributed by atoms with Gasteiger partial charge in [0.15, 0.2) is 11.0 Å². The third-order valence-electron chi connectivity index (χ3n) is 4.12. The van der Waals surface area contributed by atoms with E-state index >= 15 is 0 Å². The highest BCUT2D eigenvalue weighted by atomic mass is 32.2. The number of methoxy groups -OCH3 is 1. The standard InChI is InChI=1S/C21H24N4O2S2/c1-4-7-18-11-15(13-28-18)20-23-24-21(25(20)10-5-2)29-14-19(26)22-16-8-6-9-17(12-16)27-3/h5-6,8-9,11-13H,2,4,7,10,14H2,1,3H3,(H,22,26). The van der Waals surface area contributed by atoms with Crippen molar-refractivity contribution in [2.45, 2.75) is 31.5 Å². The van der Waals surface area contributed by atoms with Crippen LogP contribution in [0.4, 0.5) is 5.69 Å². The van der Waals surface area contributed by atoms with Crippen LogP contribution in [0.25, 0.3) is 11.4 Å². The Morgan fingerprint density at radius 2 is 2.24 bits per heavy atom. The zero-order chi connectivity index (χ0) is 20.6. The first kappa shape index (κ1) is 21.1. The number of benzene rings is 1. The molecule has 1 N–H and O–H groups in total. The van der Waals surface area contributed by atoms with Crippen molar-refractivity contribution in [3.05, 3.63) is 53.2 Å². The number of anilines is 1. The molecule has 3 aromatic rings. The molecule has 0 aliphatic carbocycles. The lowest BCUT2D eigenvalue weighted by atomic mass is 10.2. The van der Waals surface area contributed by atoms with Crippen LogP contribution in [0.2, 0.25) is 0 Å². The molecule has 0 bridgehead atoms. The van der Waals surface area contributed by atoms with Crippen LogP contribution in [-0.2, 0) is 17.8 Å². The van der Waals surface area contributed by atoms with Gasteiger partial charge < -0.3 is 10.1 Å². The monoisotopic (exact) mass is 428 g/mol. The van der Waals surface area contributed by atoms with Gasteiger partial charge in [-0.3, -0.25) is 9.36 Å². The largest absolute Gasteiger partial charge is 0.497 e. The SMILES string of the molecule is C=CCn1c(SCC(=O)Nc2cccc(OC)c2)nnc1-c1csc(CCC)c1. The van der Waals surface area contributed by atoms with Gasteiger partial charge in [-0.25, -0.2) is 0 Å². The lowest BCUT2D eigenvalue weighted by Gasteiger charge is -2.08. The van der Waals surface area contributed by atoms with Gasteiger partial charge in [0.1, 0.15) is 5.75 Å². The van der Waals surface area contributed by atoms with Gasteiger partial charge in [-0.05, 0) is 24.6 Å². The molecule has 0 radical (unpaired) electrons. The highest BCUT2D eigenvalue weighted by Crippen LogP contribution is 2.28. The summed E-state index contributed by atoms with van der Waals surface area (Å²) in [5.74, 6) is 1.62. The molecule has 0 aliphatic heterocycles. The molecule has 0 saturated carbocycles. The van der Waals surface area contributed by atoms with Crippen molar-refractivity contribution in [2.24, 2.45) is 0 Å². The smallest absolute Gasteiger partial charge is 0.234 e. The molecule has 3 rings (SSSR count). The maximum absolute atomic E-state index is 12.4. The number of hydrogen-bond donors (Lipinski definition) is 1. The number of amides is 1. The second-order valence-electron chi connectivity index (χ2n) is 6.33. The number of nitrogens with zero attached hydrogens (tertiary/aromatic N) is 3. The van der Waals surface area contributed by atoms with E-state index in [-0.39, 0.29) is 11.7 Å². The summed E-state index contributed by atoms with van der Waals surface area (Å²) in [4.78, 5) is 13.7. The van der Waals surface area contributed by atoms with Crippen LogP contribution in [0, 0.1) is 0 Å². The first-order chi connectivity index (χ1) is 14.1. The van der Waals surface area contributed by atoms with E-state index < -0.39 is 0 Å². The van der Waals surface area contributed by atoms with Gasteiger partial charge in [-0.15, -0.1) is 28.1 Å². The first-order valence-electron chi connectivity index (χ1n) is 9.33. The maximum atomic E-state index is 12.4. The highest BCUT2D eigenvalue weighted by molar-refractivity contribution is 7.99. The van der Waals surface area contributed by atoms with Crippen molar-refractivity contribution >= 4 is 34.7 Å². The molecule has 6 nitrogen and oxygen atoms in total. The Hall–Kier alpha value is -2.58. The average molecular weight is 429 g/mol. The summed E-state index contributed by atoms with van der Waals surface area (Å²) >= 11 is 3.10. The fourth-order valence-electron chi connectivity index (χ4n) is 2.81. The third-order valence-corrected chi connectivity index (χ3v) is 6.09. The Kier molecular flexibility index (Phi) is 7.48. The van der Waals surface area contributed by atoms with Crippen molar-refractivity contribution in [1.29, 1.82) is 0 Å². The van der Waals surface area contributed by atoms with E-state index in [1.165, 1.54) is 16.6 Å². The second-order valence-corrected chi connectivity index (χ2v) is 8.26. The molecule has 152 valence electrons. The van der Waals surface area contributed by atoms with E-state index in [0.29, 0.717) is 23.1 Å². The minimum atomic E-state index is -0.112. The molecule has 2 aromatic heterocycles. The number of carbonyl (C=O) groups is 1. The van der Waals surface area contributed by atoms with E-state index in [2.05, 4.69) is 40.5 Å². The van der Waals surface area contributed by atoms with Crippen molar-refractivity contribution in [2.75, 3.05) is 18.2 Å². The molecular formula is C21H24N4O2S2. The van der Waals surface area contributed by atoms with E-state index in [0.717, 1.165) is 24.2 Å². The molecule has 0 unspecified atom stereocenters. The minimum absolute atomic E-state index is 0.112. The number of ether oxygens (including phenoxy) is 1. The summed E-state index contributed by atoms with van der Waals surface area (Å²) in [7, 11) is 1.60. The molecular weight excluding hydrogens is 404 g/mol. The van der Waals surface area contributed by atoms with E-state index in [4.69, 9.17) is 4.74 Å². The Balaban J connectivity index is 1.69. The molecule has 1 amide bonds. The number of carbonyl (C=O) groups excluding carboxylic acids is 1. The Morgan fingerprint density at radius 3 is 3.00 bits per heavy atom. The summed E-state index contributed by atoms with van der Waals surface area (Å²) in [6.45, 7) is 6.60. The normalized spacial score (nSPS) is 10.7. The number of nitrogens with one attached hydrogen (secondary N) is 1. The number of aryl methyl sites for hydroxylation is 1. The fourth-order valence-corrected chi connectivity index (χ4v) is 4.52. The van der Waals surface area contributed by atoms with Crippen LogP contribution in [0.15, 0.2) is 53.5 Å². The topological polar surface area (TPSA) is 69.0 Å². The predicted octanol–water partition coefficient (Wildman–Crippen LogP) is 4.88. The van der Waals surface area contributed by atoms with Crippen LogP contribution >= 0.6 is 23.1 Å². The zero-order valence-electron chi connectivity index (χ0n) is 16.6. The van der Waals surface area contributed by atoms with Gasteiger partial charge in [0, 0.05) is 34.1 Å². The van der Waals surface area contributed by atoms with Crippen molar-refractivity contribution in [3.63, 3.8) is 0 Å². The lowest BCUT2D eigenvalue weighted by Crippen LogP contribution is -2.14. The van der Waals surface area contributed by atoms with Crippen LogP contribution < -0.4 is 10.1 Å². The van der Waals surface area contributed by atoms with Crippen LogP contribution in [-0.4, -0.2) is 33.5 Å². The Bertz CT molecular complexity index is 981. The van der Waals surface area contributed by atoms with Crippen LogP contribution in [0.5, 0.6) is 5.75 Å². The van der Waals surface area contributed by atoms with Gasteiger partial charge in [-0.2, -0.15) is 0 Å². The summed E-state index contributed by atoms with van der Waals surface area (Å²) < 4.78 is 7.18. The number of hydrogen-bond acceptors (Lipinski definition) is 6. The van der Waals surface area contributed by atoms with Crippen LogP contribution in [0.1, 0.15) is 18.2 Å². The average Bonchev–Trinajstić information content (AvgIpc) is 3.34. The molecule has 0 aliphatic rings. The number of aromatic nitrogens is 3. The summed E-state index contributed by atoms with van der Waals surface area (Å²) in [5, 5.41) is 14.4. The predicted molar refractivity (Wildman–Crippen MR) is 120 cm³/mol. The summed E-state index contributed by atoms with van der Waals surface area (Å²) in [6, 6.07) is 9.45. The van der Waals surface area contributed by atoms with Gasteiger partial charge in [0.05, 0.1) is 12.9 Å². The van der Waals surface area contributed by atoms with Crippen molar-refractivity contribution < 1.29 is 9.53 Å². The Labute approximate surface area is 179 Å². The van der Waals surface area contributed by atoms with E-state index in [1.807, 2.05) is 28.8 Å². The van der Waals surface area contributed by atoms with Gasteiger partial charge in [0.2, 0.25) is 5.91 Å². The van der Waals surface area contributed by atoms with Crippen molar-refractivity contribution in [1.82, 2.24) is 14.8 Å². The highest BCUT2D eigenvalue weighted by Gasteiger charge is 2.16. The molecule has 0 saturated heterocycles. The summed E-state index contributed by atoms with van der Waals surface area (Å²) in [6.07, 6.45) is 3.99. The van der Waals surface area contributed by atoms with Gasteiger partial charge >= 0.3 is 0 Å². The quantitative estimate of drug-likeness (QED) is 0.368. The molecule has 0 fully saturated rings. The molecule has 29 heavy (non-hydrogen) atoms. The molecule has 2 heterocycles. The second kappa shape index (κ2) is 10.3. The third kappa shape index (κ3) is 5.48. The molecule has 0 spiro atoms. The minimum Gasteiger partial charge on any atom is -0.497 e. The number of allylic oxidation sites excluding steroid dienone is 1. The molecule has 8 heteroatoms. The van der Waals surface area contributed by atoms with Gasteiger partial charge in [0.25, 0.3) is 0 Å². The van der Waals surface area contributed by atoms with Gasteiger partial charge in [-0.1, -0.05) is 37.2 Å².